The molecule has 0 spiro atoms. The number of carbonyl (C=O) groups is 2. The van der Waals surface area contributed by atoms with Crippen molar-refractivity contribution in [1.82, 2.24) is 15.1 Å². The molecular formula is C21H21FN4O2. The van der Waals surface area contributed by atoms with Crippen molar-refractivity contribution in [3.63, 3.8) is 0 Å². The first-order chi connectivity index (χ1) is 13.5. The van der Waals surface area contributed by atoms with Crippen molar-refractivity contribution < 1.29 is 14.0 Å². The molecule has 2 amide bonds. The Morgan fingerprint density at radius 3 is 2.54 bits per heavy atom. The quantitative estimate of drug-likeness (QED) is 0.661. The first-order valence-electron chi connectivity index (χ1n) is 8.92. The molecule has 0 atom stereocenters. The van der Waals surface area contributed by atoms with Gasteiger partial charge in [0.1, 0.15) is 11.6 Å². The average Bonchev–Trinajstić information content (AvgIpc) is 3.06. The molecule has 0 saturated carbocycles. The molecule has 0 saturated heterocycles. The monoisotopic (exact) mass is 380 g/mol. The van der Waals surface area contributed by atoms with Crippen LogP contribution in [-0.2, 0) is 24.8 Å². The van der Waals surface area contributed by atoms with Crippen LogP contribution in [0.25, 0.3) is 0 Å². The van der Waals surface area contributed by atoms with Gasteiger partial charge >= 0.3 is 0 Å². The molecule has 7 heteroatoms. The standard InChI is InChI=1S/C21H21FN4O2/c1-26-19(24-20(27)11-10-15-6-3-2-4-7-15)13-18(25-26)21(28)23-14-16-8-5-9-17(22)12-16/h2-9,12-13H,10-11,14H2,1H3,(H,23,28)(H,24,27). The number of carbonyl (C=O) groups excluding carboxylic acids is 2. The second-order valence-corrected chi connectivity index (χ2v) is 6.38. The van der Waals surface area contributed by atoms with Crippen LogP contribution in [0.3, 0.4) is 0 Å². The molecule has 6 nitrogen and oxygen atoms in total. The van der Waals surface area contributed by atoms with Crippen LogP contribution in [0.4, 0.5) is 10.2 Å². The molecule has 28 heavy (non-hydrogen) atoms. The molecule has 0 radical (unpaired) electrons. The largest absolute Gasteiger partial charge is 0.347 e. The van der Waals surface area contributed by atoms with Gasteiger partial charge < -0.3 is 10.6 Å². The van der Waals surface area contributed by atoms with E-state index in [1.807, 2.05) is 30.3 Å². The Balaban J connectivity index is 1.54. The topological polar surface area (TPSA) is 76.0 Å². The Kier molecular flexibility index (Phi) is 6.16. The summed E-state index contributed by atoms with van der Waals surface area (Å²) in [5.41, 5.74) is 1.91. The van der Waals surface area contributed by atoms with E-state index in [1.165, 1.54) is 22.9 Å². The summed E-state index contributed by atoms with van der Waals surface area (Å²) in [5.74, 6) is -0.470. The van der Waals surface area contributed by atoms with E-state index in [0.717, 1.165) is 5.56 Å². The molecule has 0 fully saturated rings. The molecule has 144 valence electrons. The summed E-state index contributed by atoms with van der Waals surface area (Å²) in [7, 11) is 1.65. The number of nitrogens with zero attached hydrogens (tertiary/aromatic N) is 2. The number of rotatable bonds is 7. The van der Waals surface area contributed by atoms with Gasteiger partial charge in [0.05, 0.1) is 0 Å². The maximum atomic E-state index is 13.2. The maximum absolute atomic E-state index is 13.2. The van der Waals surface area contributed by atoms with Crippen LogP contribution in [0.15, 0.2) is 60.7 Å². The molecule has 1 aromatic heterocycles. The zero-order valence-corrected chi connectivity index (χ0v) is 15.5. The van der Waals surface area contributed by atoms with E-state index in [1.54, 1.807) is 19.2 Å². The lowest BCUT2D eigenvalue weighted by molar-refractivity contribution is -0.116. The molecule has 0 aliphatic rings. The zero-order chi connectivity index (χ0) is 19.9. The Morgan fingerprint density at radius 1 is 1.04 bits per heavy atom. The van der Waals surface area contributed by atoms with E-state index in [-0.39, 0.29) is 24.0 Å². The summed E-state index contributed by atoms with van der Waals surface area (Å²) in [6.07, 6.45) is 0.960. The summed E-state index contributed by atoms with van der Waals surface area (Å²) in [6, 6.07) is 17.3. The number of hydrogen-bond donors (Lipinski definition) is 2. The number of aryl methyl sites for hydroxylation is 2. The van der Waals surface area contributed by atoms with Crippen molar-refractivity contribution in [2.24, 2.45) is 7.05 Å². The fourth-order valence-electron chi connectivity index (χ4n) is 2.72. The lowest BCUT2D eigenvalue weighted by Crippen LogP contribution is -2.23. The van der Waals surface area contributed by atoms with E-state index < -0.39 is 5.91 Å². The van der Waals surface area contributed by atoms with Gasteiger partial charge in [-0.15, -0.1) is 0 Å². The molecule has 1 heterocycles. The van der Waals surface area contributed by atoms with Gasteiger partial charge in [-0.1, -0.05) is 42.5 Å². The summed E-state index contributed by atoms with van der Waals surface area (Å²) >= 11 is 0. The van der Waals surface area contributed by atoms with Crippen molar-refractivity contribution in [2.75, 3.05) is 5.32 Å². The highest BCUT2D eigenvalue weighted by Gasteiger charge is 2.14. The smallest absolute Gasteiger partial charge is 0.272 e. The molecule has 2 aromatic carbocycles. The molecule has 0 unspecified atom stereocenters. The Morgan fingerprint density at radius 2 is 1.79 bits per heavy atom. The highest BCUT2D eigenvalue weighted by atomic mass is 19.1. The van der Waals surface area contributed by atoms with Gasteiger partial charge in [-0.25, -0.2) is 4.39 Å². The Labute approximate surface area is 162 Å². The van der Waals surface area contributed by atoms with Crippen LogP contribution in [0.2, 0.25) is 0 Å². The van der Waals surface area contributed by atoms with E-state index in [0.29, 0.717) is 24.2 Å². The Hall–Kier alpha value is -3.48. The summed E-state index contributed by atoms with van der Waals surface area (Å²) in [5, 5.41) is 9.59. The van der Waals surface area contributed by atoms with Gasteiger partial charge in [0.15, 0.2) is 5.69 Å². The second-order valence-electron chi connectivity index (χ2n) is 6.38. The first-order valence-corrected chi connectivity index (χ1v) is 8.92. The molecular weight excluding hydrogens is 359 g/mol. The predicted molar refractivity (Wildman–Crippen MR) is 104 cm³/mol. The highest BCUT2D eigenvalue weighted by molar-refractivity contribution is 5.95. The third-order valence-electron chi connectivity index (χ3n) is 4.21. The number of amides is 2. The SMILES string of the molecule is Cn1nc(C(=O)NCc2cccc(F)c2)cc1NC(=O)CCc1ccccc1. The minimum absolute atomic E-state index is 0.154. The van der Waals surface area contributed by atoms with Crippen molar-refractivity contribution in [2.45, 2.75) is 19.4 Å². The first kappa shape index (κ1) is 19.3. The lowest BCUT2D eigenvalue weighted by Gasteiger charge is -2.05. The van der Waals surface area contributed by atoms with Gasteiger partial charge in [0.25, 0.3) is 5.91 Å². The van der Waals surface area contributed by atoms with Crippen molar-refractivity contribution >= 4 is 17.6 Å². The molecule has 0 aliphatic carbocycles. The normalized spacial score (nSPS) is 10.5. The van der Waals surface area contributed by atoms with Crippen LogP contribution < -0.4 is 10.6 Å². The molecule has 3 rings (SSSR count). The Bertz CT molecular complexity index is 970. The third kappa shape index (κ3) is 5.26. The third-order valence-corrected chi connectivity index (χ3v) is 4.21. The minimum atomic E-state index is -0.398. The van der Waals surface area contributed by atoms with E-state index in [9.17, 15) is 14.0 Å². The van der Waals surface area contributed by atoms with E-state index in [2.05, 4.69) is 15.7 Å². The highest BCUT2D eigenvalue weighted by Crippen LogP contribution is 2.11. The lowest BCUT2D eigenvalue weighted by atomic mass is 10.1. The van der Waals surface area contributed by atoms with Crippen LogP contribution in [0.5, 0.6) is 0 Å². The number of anilines is 1. The average molecular weight is 380 g/mol. The predicted octanol–water partition coefficient (Wildman–Crippen LogP) is 3.06. The second kappa shape index (κ2) is 8.94. The van der Waals surface area contributed by atoms with Crippen LogP contribution in [0.1, 0.15) is 28.0 Å². The van der Waals surface area contributed by atoms with Gasteiger partial charge in [-0.2, -0.15) is 5.10 Å². The minimum Gasteiger partial charge on any atom is -0.347 e. The van der Waals surface area contributed by atoms with E-state index >= 15 is 0 Å². The molecule has 0 aliphatic heterocycles. The maximum Gasteiger partial charge on any atom is 0.272 e. The number of nitrogens with one attached hydrogen (secondary N) is 2. The molecule has 0 bridgehead atoms. The summed E-state index contributed by atoms with van der Waals surface area (Å²) in [4.78, 5) is 24.4. The number of benzene rings is 2. The molecule has 2 N–H and O–H groups in total. The fraction of sp³-hybridized carbons (Fsp3) is 0.190. The van der Waals surface area contributed by atoms with Crippen molar-refractivity contribution in [3.8, 4) is 0 Å². The summed E-state index contributed by atoms with van der Waals surface area (Å²) < 4.78 is 14.6. The number of halogens is 1. The van der Waals surface area contributed by atoms with Gasteiger partial charge in [-0.05, 0) is 29.7 Å². The van der Waals surface area contributed by atoms with Gasteiger partial charge in [0, 0.05) is 26.1 Å². The summed E-state index contributed by atoms with van der Waals surface area (Å²) in [6.45, 7) is 0.186. The fourth-order valence-corrected chi connectivity index (χ4v) is 2.72. The zero-order valence-electron chi connectivity index (χ0n) is 15.5. The van der Waals surface area contributed by atoms with Crippen LogP contribution >= 0.6 is 0 Å². The van der Waals surface area contributed by atoms with E-state index in [4.69, 9.17) is 0 Å². The van der Waals surface area contributed by atoms with Gasteiger partial charge in [0.2, 0.25) is 5.91 Å². The molecule has 3 aromatic rings. The van der Waals surface area contributed by atoms with Gasteiger partial charge in [-0.3, -0.25) is 14.3 Å². The van der Waals surface area contributed by atoms with Crippen molar-refractivity contribution in [1.29, 1.82) is 0 Å². The van der Waals surface area contributed by atoms with Crippen molar-refractivity contribution in [3.05, 3.63) is 83.3 Å². The number of aromatic nitrogens is 2. The van der Waals surface area contributed by atoms with Crippen LogP contribution in [-0.4, -0.2) is 21.6 Å². The van der Waals surface area contributed by atoms with Crippen LogP contribution in [0, 0.1) is 5.82 Å². The number of hydrogen-bond acceptors (Lipinski definition) is 3.